The van der Waals surface area contributed by atoms with E-state index in [0.29, 0.717) is 31.6 Å². The molecular weight excluding hydrogens is 329 g/mol. The highest BCUT2D eigenvalue weighted by Gasteiger charge is 2.10. The molecule has 0 spiro atoms. The van der Waals surface area contributed by atoms with Crippen molar-refractivity contribution in [2.24, 2.45) is 0 Å². The second-order valence-corrected chi connectivity index (χ2v) is 7.33. The molecule has 0 unspecified atom stereocenters. The second-order valence-electron chi connectivity index (χ2n) is 4.02. The Labute approximate surface area is 126 Å². The highest BCUT2D eigenvalue weighted by Crippen LogP contribution is 2.28. The Kier molecular flexibility index (Phi) is 6.51. The quantitative estimate of drug-likeness (QED) is 0.313. The van der Waals surface area contributed by atoms with Crippen LogP contribution in [0.5, 0.6) is 5.75 Å². The molecule has 6 nitrogen and oxygen atoms in total. The summed E-state index contributed by atoms with van der Waals surface area (Å²) in [5.74, 6) is 0.301. The summed E-state index contributed by atoms with van der Waals surface area (Å²) in [6.45, 7) is 0.347. The molecule has 0 saturated carbocycles. The van der Waals surface area contributed by atoms with Gasteiger partial charge in [-0.3, -0.25) is 10.1 Å². The first-order valence-electron chi connectivity index (χ1n) is 5.78. The molecular formula is C11H13Cl2NO5S. The molecule has 20 heavy (non-hydrogen) atoms. The molecule has 0 heterocycles. The van der Waals surface area contributed by atoms with Crippen molar-refractivity contribution in [2.45, 2.75) is 19.3 Å². The van der Waals surface area contributed by atoms with Gasteiger partial charge in [0.1, 0.15) is 5.75 Å². The lowest BCUT2D eigenvalue weighted by molar-refractivity contribution is -0.384. The third kappa shape index (κ3) is 6.40. The zero-order valence-electron chi connectivity index (χ0n) is 10.4. The van der Waals surface area contributed by atoms with Crippen molar-refractivity contribution in [1.82, 2.24) is 0 Å². The Balaban J connectivity index is 2.34. The Morgan fingerprint density at radius 2 is 1.95 bits per heavy atom. The number of unbranched alkanes of at least 4 members (excludes halogenated alkanes) is 2. The average molecular weight is 342 g/mol. The van der Waals surface area contributed by atoms with Crippen molar-refractivity contribution >= 4 is 37.0 Å². The first-order valence-corrected chi connectivity index (χ1v) is 8.64. The number of halogens is 2. The first-order chi connectivity index (χ1) is 9.29. The summed E-state index contributed by atoms with van der Waals surface area (Å²) in [6, 6.07) is 3.96. The number of nitrogens with zero attached hydrogens (tertiary/aromatic N) is 1. The van der Waals surface area contributed by atoms with Gasteiger partial charge < -0.3 is 4.74 Å². The van der Waals surface area contributed by atoms with E-state index in [2.05, 4.69) is 0 Å². The zero-order chi connectivity index (χ0) is 15.2. The van der Waals surface area contributed by atoms with E-state index < -0.39 is 14.0 Å². The zero-order valence-corrected chi connectivity index (χ0v) is 12.7. The molecule has 1 aromatic rings. The molecule has 0 fully saturated rings. The van der Waals surface area contributed by atoms with E-state index in [0.717, 1.165) is 0 Å². The smallest absolute Gasteiger partial charge is 0.271 e. The molecule has 1 aromatic carbocycles. The molecule has 0 aliphatic heterocycles. The van der Waals surface area contributed by atoms with Crippen molar-refractivity contribution in [1.29, 1.82) is 0 Å². The van der Waals surface area contributed by atoms with Gasteiger partial charge in [-0.05, 0) is 25.3 Å². The van der Waals surface area contributed by atoms with Gasteiger partial charge in [-0.2, -0.15) is 0 Å². The molecule has 0 bridgehead atoms. The Morgan fingerprint density at radius 1 is 1.25 bits per heavy atom. The van der Waals surface area contributed by atoms with Gasteiger partial charge in [0, 0.05) is 22.8 Å². The van der Waals surface area contributed by atoms with Crippen molar-refractivity contribution in [3.8, 4) is 5.75 Å². The van der Waals surface area contributed by atoms with Crippen LogP contribution in [0.25, 0.3) is 0 Å². The Morgan fingerprint density at radius 3 is 2.50 bits per heavy atom. The molecule has 0 amide bonds. The number of hydrogen-bond acceptors (Lipinski definition) is 5. The normalized spacial score (nSPS) is 11.3. The van der Waals surface area contributed by atoms with E-state index in [9.17, 15) is 18.5 Å². The standard InChI is InChI=1S/C11H13Cl2NO5S/c12-10-8-9(14(15)16)4-5-11(10)19-6-2-1-3-7-20(13,17)18/h4-5,8H,1-3,6-7H2. The first kappa shape index (κ1) is 17.0. The third-order valence-corrected chi connectivity index (χ3v) is 3.95. The fraction of sp³-hybridized carbons (Fsp3) is 0.455. The van der Waals surface area contributed by atoms with Crippen molar-refractivity contribution < 1.29 is 18.1 Å². The monoisotopic (exact) mass is 341 g/mol. The summed E-state index contributed by atoms with van der Waals surface area (Å²) >= 11 is 5.85. The summed E-state index contributed by atoms with van der Waals surface area (Å²) < 4.78 is 26.7. The van der Waals surface area contributed by atoms with E-state index in [-0.39, 0.29) is 16.5 Å². The minimum Gasteiger partial charge on any atom is -0.492 e. The van der Waals surface area contributed by atoms with Crippen molar-refractivity contribution in [2.75, 3.05) is 12.4 Å². The molecule has 1 rings (SSSR count). The lowest BCUT2D eigenvalue weighted by Gasteiger charge is -2.07. The topological polar surface area (TPSA) is 86.5 Å². The molecule has 0 aromatic heterocycles. The Hall–Kier alpha value is -1.05. The van der Waals surface area contributed by atoms with Crippen LogP contribution < -0.4 is 4.74 Å². The Bertz CT molecular complexity index is 576. The van der Waals surface area contributed by atoms with Crippen LogP contribution in [-0.4, -0.2) is 25.7 Å². The number of benzene rings is 1. The molecule has 0 atom stereocenters. The van der Waals surface area contributed by atoms with Crippen molar-refractivity contribution in [3.05, 3.63) is 33.3 Å². The van der Waals surface area contributed by atoms with Gasteiger partial charge in [0.05, 0.1) is 22.3 Å². The molecule has 0 radical (unpaired) electrons. The van der Waals surface area contributed by atoms with Gasteiger partial charge in [-0.1, -0.05) is 11.6 Å². The van der Waals surface area contributed by atoms with E-state index in [1.165, 1.54) is 18.2 Å². The summed E-state index contributed by atoms with van der Waals surface area (Å²) in [5, 5.41) is 10.7. The number of rotatable bonds is 8. The van der Waals surface area contributed by atoms with Gasteiger partial charge >= 0.3 is 0 Å². The van der Waals surface area contributed by atoms with Gasteiger partial charge in [-0.25, -0.2) is 8.42 Å². The highest BCUT2D eigenvalue weighted by atomic mass is 35.7. The second kappa shape index (κ2) is 7.66. The summed E-state index contributed by atoms with van der Waals surface area (Å²) in [4.78, 5) is 9.98. The van der Waals surface area contributed by atoms with E-state index >= 15 is 0 Å². The van der Waals surface area contributed by atoms with Crippen LogP contribution in [0.3, 0.4) is 0 Å². The molecule has 0 saturated heterocycles. The van der Waals surface area contributed by atoms with Gasteiger partial charge in [0.15, 0.2) is 0 Å². The number of hydrogen-bond donors (Lipinski definition) is 0. The van der Waals surface area contributed by atoms with Crippen LogP contribution in [0, 0.1) is 10.1 Å². The third-order valence-electron chi connectivity index (χ3n) is 2.42. The van der Waals surface area contributed by atoms with E-state index in [1.807, 2.05) is 0 Å². The van der Waals surface area contributed by atoms with Gasteiger partial charge in [0.2, 0.25) is 9.05 Å². The van der Waals surface area contributed by atoms with Gasteiger partial charge in [0.25, 0.3) is 5.69 Å². The maximum atomic E-state index is 10.7. The van der Waals surface area contributed by atoms with Crippen LogP contribution in [0.1, 0.15) is 19.3 Å². The average Bonchev–Trinajstić information content (AvgIpc) is 2.33. The summed E-state index contributed by atoms with van der Waals surface area (Å²) in [5.41, 5.74) is -0.102. The number of nitro groups is 1. The molecule has 9 heteroatoms. The maximum Gasteiger partial charge on any atom is 0.271 e. The summed E-state index contributed by atoms with van der Waals surface area (Å²) in [7, 11) is 1.63. The van der Waals surface area contributed by atoms with Crippen molar-refractivity contribution in [3.63, 3.8) is 0 Å². The van der Waals surface area contributed by atoms with Crippen LogP contribution in [0.2, 0.25) is 5.02 Å². The van der Waals surface area contributed by atoms with Crippen LogP contribution >= 0.6 is 22.3 Å². The van der Waals surface area contributed by atoms with Crippen LogP contribution in [0.4, 0.5) is 5.69 Å². The molecule has 0 aliphatic carbocycles. The minimum absolute atomic E-state index is 0.0627. The predicted octanol–water partition coefficient (Wildman–Crippen LogP) is 3.37. The highest BCUT2D eigenvalue weighted by molar-refractivity contribution is 8.13. The lowest BCUT2D eigenvalue weighted by Crippen LogP contribution is -2.01. The fourth-order valence-corrected chi connectivity index (χ4v) is 2.56. The minimum atomic E-state index is -3.44. The predicted molar refractivity (Wildman–Crippen MR) is 77.1 cm³/mol. The number of nitro benzene ring substituents is 1. The lowest BCUT2D eigenvalue weighted by atomic mass is 10.2. The SMILES string of the molecule is O=[N+]([O-])c1ccc(OCCCCCS(=O)(=O)Cl)c(Cl)c1. The maximum absolute atomic E-state index is 10.7. The number of non-ortho nitro benzene ring substituents is 1. The molecule has 0 aliphatic rings. The van der Waals surface area contributed by atoms with Gasteiger partial charge in [-0.15, -0.1) is 0 Å². The van der Waals surface area contributed by atoms with Crippen LogP contribution in [0.15, 0.2) is 18.2 Å². The largest absolute Gasteiger partial charge is 0.492 e. The molecule has 0 N–H and O–H groups in total. The van der Waals surface area contributed by atoms with E-state index in [4.69, 9.17) is 27.0 Å². The summed E-state index contributed by atoms with van der Waals surface area (Å²) in [6.07, 6.45) is 1.75. The van der Waals surface area contributed by atoms with Crippen LogP contribution in [-0.2, 0) is 9.05 Å². The molecule has 112 valence electrons. The fourth-order valence-electron chi connectivity index (χ4n) is 1.46. The number of ether oxygens (including phenoxy) is 1. The van der Waals surface area contributed by atoms with E-state index in [1.54, 1.807) is 0 Å².